The number of aromatic nitrogens is 1. The summed E-state index contributed by atoms with van der Waals surface area (Å²) in [6, 6.07) is 0. The standard InChI is InChI=1S/C12H22N4O2S/c1-5-16(6-7-17)10(18)8-9(13)14-11(19-8)15-12(2,3)4/h17H,5-7,13H2,1-4H3,(H,14,15). The van der Waals surface area contributed by atoms with Crippen LogP contribution in [0.5, 0.6) is 0 Å². The summed E-state index contributed by atoms with van der Waals surface area (Å²) in [6.07, 6.45) is 0. The van der Waals surface area contributed by atoms with Crippen molar-refractivity contribution in [3.05, 3.63) is 4.88 Å². The average Bonchev–Trinajstić information content (AvgIpc) is 2.63. The molecular formula is C12H22N4O2S. The lowest BCUT2D eigenvalue weighted by atomic mass is 10.1. The summed E-state index contributed by atoms with van der Waals surface area (Å²) in [5.74, 6) is 0.0478. The lowest BCUT2D eigenvalue weighted by Gasteiger charge is -2.19. The molecule has 0 radical (unpaired) electrons. The molecule has 6 nitrogen and oxygen atoms in total. The number of nitrogens with zero attached hydrogens (tertiary/aromatic N) is 2. The van der Waals surface area contributed by atoms with Gasteiger partial charge in [-0.3, -0.25) is 4.79 Å². The monoisotopic (exact) mass is 286 g/mol. The van der Waals surface area contributed by atoms with Crippen LogP contribution < -0.4 is 11.1 Å². The second kappa shape index (κ2) is 6.21. The van der Waals surface area contributed by atoms with Crippen LogP contribution in [-0.2, 0) is 0 Å². The van der Waals surface area contributed by atoms with E-state index in [9.17, 15) is 4.79 Å². The van der Waals surface area contributed by atoms with E-state index in [4.69, 9.17) is 10.8 Å². The van der Waals surface area contributed by atoms with Gasteiger partial charge in [0.1, 0.15) is 10.7 Å². The van der Waals surface area contributed by atoms with Crippen molar-refractivity contribution in [2.24, 2.45) is 0 Å². The van der Waals surface area contributed by atoms with Gasteiger partial charge in [-0.15, -0.1) is 0 Å². The molecular weight excluding hydrogens is 264 g/mol. The van der Waals surface area contributed by atoms with Gasteiger partial charge in [-0.05, 0) is 27.7 Å². The molecule has 1 aromatic rings. The van der Waals surface area contributed by atoms with Gasteiger partial charge in [0.25, 0.3) is 5.91 Å². The zero-order valence-corrected chi connectivity index (χ0v) is 12.7. The Kier molecular flexibility index (Phi) is 5.13. The van der Waals surface area contributed by atoms with Crippen molar-refractivity contribution >= 4 is 28.2 Å². The fraction of sp³-hybridized carbons (Fsp3) is 0.667. The van der Waals surface area contributed by atoms with Crippen molar-refractivity contribution in [1.29, 1.82) is 0 Å². The summed E-state index contributed by atoms with van der Waals surface area (Å²) in [5, 5.41) is 12.8. The number of likely N-dealkylation sites (N-methyl/N-ethyl adjacent to an activating group) is 1. The molecule has 1 aromatic heterocycles. The molecule has 0 aliphatic carbocycles. The molecule has 0 saturated heterocycles. The minimum absolute atomic E-state index is 0.0641. The van der Waals surface area contributed by atoms with Crippen LogP contribution in [0.3, 0.4) is 0 Å². The number of amides is 1. The summed E-state index contributed by atoms with van der Waals surface area (Å²) < 4.78 is 0. The molecule has 1 rings (SSSR count). The van der Waals surface area contributed by atoms with E-state index < -0.39 is 0 Å². The van der Waals surface area contributed by atoms with Gasteiger partial charge in [-0.1, -0.05) is 11.3 Å². The number of nitrogen functional groups attached to an aromatic ring is 1. The largest absolute Gasteiger partial charge is 0.395 e. The van der Waals surface area contributed by atoms with Gasteiger partial charge in [0.05, 0.1) is 6.61 Å². The zero-order valence-electron chi connectivity index (χ0n) is 11.9. The lowest BCUT2D eigenvalue weighted by molar-refractivity contribution is 0.0737. The summed E-state index contributed by atoms with van der Waals surface area (Å²) in [6.45, 7) is 8.65. The molecule has 0 spiro atoms. The number of thiazole rings is 1. The van der Waals surface area contributed by atoms with E-state index in [2.05, 4.69) is 10.3 Å². The topological polar surface area (TPSA) is 91.5 Å². The number of hydrogen-bond donors (Lipinski definition) is 3. The predicted molar refractivity (Wildman–Crippen MR) is 78.6 cm³/mol. The number of hydrogen-bond acceptors (Lipinski definition) is 6. The van der Waals surface area contributed by atoms with Crippen molar-refractivity contribution in [3.63, 3.8) is 0 Å². The van der Waals surface area contributed by atoms with Crippen LogP contribution in [0.2, 0.25) is 0 Å². The van der Waals surface area contributed by atoms with Crippen LogP contribution in [0, 0.1) is 0 Å². The molecule has 0 bridgehead atoms. The first-order valence-electron chi connectivity index (χ1n) is 6.23. The Labute approximate surface area is 117 Å². The quantitative estimate of drug-likeness (QED) is 0.761. The number of carbonyl (C=O) groups excluding carboxylic acids is 1. The molecule has 1 amide bonds. The van der Waals surface area contributed by atoms with E-state index in [0.717, 1.165) is 0 Å². The number of nitrogens with one attached hydrogen (secondary N) is 1. The third-order valence-corrected chi connectivity index (χ3v) is 3.34. The van der Waals surface area contributed by atoms with E-state index in [1.165, 1.54) is 11.3 Å². The van der Waals surface area contributed by atoms with Crippen LogP contribution in [-0.4, -0.2) is 46.1 Å². The van der Waals surface area contributed by atoms with Gasteiger partial charge in [0.15, 0.2) is 5.13 Å². The van der Waals surface area contributed by atoms with Crippen LogP contribution in [0.4, 0.5) is 10.9 Å². The van der Waals surface area contributed by atoms with E-state index >= 15 is 0 Å². The number of aliphatic hydroxyl groups is 1. The van der Waals surface area contributed by atoms with Crippen LogP contribution in [0.1, 0.15) is 37.4 Å². The molecule has 19 heavy (non-hydrogen) atoms. The highest BCUT2D eigenvalue weighted by Gasteiger charge is 2.22. The number of nitrogens with two attached hydrogens (primary N) is 1. The maximum absolute atomic E-state index is 12.2. The minimum Gasteiger partial charge on any atom is -0.395 e. The van der Waals surface area contributed by atoms with Crippen molar-refractivity contribution in [2.45, 2.75) is 33.2 Å². The van der Waals surface area contributed by atoms with E-state index in [1.54, 1.807) is 4.90 Å². The highest BCUT2D eigenvalue weighted by atomic mass is 32.1. The third-order valence-electron chi connectivity index (χ3n) is 2.37. The molecule has 108 valence electrons. The fourth-order valence-electron chi connectivity index (χ4n) is 1.53. The van der Waals surface area contributed by atoms with Gasteiger partial charge < -0.3 is 21.1 Å². The highest BCUT2D eigenvalue weighted by molar-refractivity contribution is 7.18. The van der Waals surface area contributed by atoms with Crippen molar-refractivity contribution < 1.29 is 9.90 Å². The summed E-state index contributed by atoms with van der Waals surface area (Å²) >= 11 is 1.24. The van der Waals surface area contributed by atoms with Gasteiger partial charge in [0, 0.05) is 18.6 Å². The van der Waals surface area contributed by atoms with E-state index in [0.29, 0.717) is 23.1 Å². The Hall–Kier alpha value is -1.34. The van der Waals surface area contributed by atoms with Gasteiger partial charge in [-0.25, -0.2) is 4.98 Å². The third kappa shape index (κ3) is 4.36. The Balaban J connectivity index is 2.92. The van der Waals surface area contributed by atoms with Crippen molar-refractivity contribution in [3.8, 4) is 0 Å². The zero-order chi connectivity index (χ0) is 14.6. The molecule has 0 aliphatic rings. The minimum atomic E-state index is -0.187. The summed E-state index contributed by atoms with van der Waals surface area (Å²) in [4.78, 5) is 18.4. The first-order valence-corrected chi connectivity index (χ1v) is 7.04. The average molecular weight is 286 g/mol. The van der Waals surface area contributed by atoms with Crippen molar-refractivity contribution in [1.82, 2.24) is 9.88 Å². The normalized spacial score (nSPS) is 11.4. The van der Waals surface area contributed by atoms with Gasteiger partial charge in [-0.2, -0.15) is 0 Å². The molecule has 1 heterocycles. The number of anilines is 2. The second-order valence-electron chi connectivity index (χ2n) is 5.22. The van der Waals surface area contributed by atoms with Crippen LogP contribution >= 0.6 is 11.3 Å². The lowest BCUT2D eigenvalue weighted by Crippen LogP contribution is -2.33. The smallest absolute Gasteiger partial charge is 0.267 e. The second-order valence-corrected chi connectivity index (χ2v) is 6.22. The number of carbonyl (C=O) groups is 1. The number of aliphatic hydroxyl groups excluding tert-OH is 1. The Bertz CT molecular complexity index is 439. The maximum Gasteiger partial charge on any atom is 0.267 e. The first-order chi connectivity index (χ1) is 8.78. The van der Waals surface area contributed by atoms with Crippen LogP contribution in [0.15, 0.2) is 0 Å². The first kappa shape index (κ1) is 15.7. The highest BCUT2D eigenvalue weighted by Crippen LogP contribution is 2.28. The SMILES string of the molecule is CCN(CCO)C(=O)c1sc(NC(C)(C)C)nc1N. The molecule has 0 fully saturated rings. The maximum atomic E-state index is 12.2. The Morgan fingerprint density at radius 1 is 1.53 bits per heavy atom. The molecule has 0 unspecified atom stereocenters. The van der Waals surface area contributed by atoms with Crippen LogP contribution in [0.25, 0.3) is 0 Å². The molecule has 0 aliphatic heterocycles. The Morgan fingerprint density at radius 2 is 2.16 bits per heavy atom. The van der Waals surface area contributed by atoms with Crippen molar-refractivity contribution in [2.75, 3.05) is 30.7 Å². The predicted octanol–water partition coefficient (Wildman–Crippen LogP) is 1.39. The summed E-state index contributed by atoms with van der Waals surface area (Å²) in [5.41, 5.74) is 5.66. The molecule has 0 atom stereocenters. The molecule has 4 N–H and O–H groups in total. The molecule has 0 aromatic carbocycles. The molecule has 7 heteroatoms. The Morgan fingerprint density at radius 3 is 2.63 bits per heavy atom. The molecule has 0 saturated carbocycles. The summed E-state index contributed by atoms with van der Waals surface area (Å²) in [7, 11) is 0. The van der Waals surface area contributed by atoms with E-state index in [1.807, 2.05) is 27.7 Å². The number of rotatable bonds is 5. The van der Waals surface area contributed by atoms with E-state index in [-0.39, 0.29) is 23.9 Å². The van der Waals surface area contributed by atoms with Gasteiger partial charge in [0.2, 0.25) is 0 Å². The fourth-order valence-corrected chi connectivity index (χ4v) is 2.59. The van der Waals surface area contributed by atoms with Gasteiger partial charge >= 0.3 is 0 Å².